The van der Waals surface area contributed by atoms with Gasteiger partial charge in [-0.25, -0.2) is 4.79 Å². The van der Waals surface area contributed by atoms with Gasteiger partial charge in [0.05, 0.1) is 31.5 Å². The Morgan fingerprint density at radius 3 is 2.44 bits per heavy atom. The molecule has 0 bridgehead atoms. The van der Waals surface area contributed by atoms with Crippen molar-refractivity contribution in [3.8, 4) is 5.75 Å². The molecule has 0 fully saturated rings. The van der Waals surface area contributed by atoms with Crippen LogP contribution in [0.3, 0.4) is 0 Å². The van der Waals surface area contributed by atoms with Crippen LogP contribution in [0.15, 0.2) is 48.5 Å². The molecule has 0 aromatic heterocycles. The molecule has 132 valence electrons. The van der Waals surface area contributed by atoms with Crippen molar-refractivity contribution in [3.63, 3.8) is 0 Å². The predicted molar refractivity (Wildman–Crippen MR) is 95.7 cm³/mol. The van der Waals surface area contributed by atoms with Crippen molar-refractivity contribution in [1.29, 1.82) is 0 Å². The number of ether oxygens (including phenoxy) is 2. The largest absolute Gasteiger partial charge is 0.497 e. The van der Waals surface area contributed by atoms with E-state index in [0.29, 0.717) is 17.8 Å². The quantitative estimate of drug-likeness (QED) is 0.721. The van der Waals surface area contributed by atoms with Gasteiger partial charge < -0.3 is 20.1 Å². The van der Waals surface area contributed by atoms with Crippen LogP contribution >= 0.6 is 0 Å². The van der Waals surface area contributed by atoms with Crippen molar-refractivity contribution < 1.29 is 19.1 Å². The Hall–Kier alpha value is -2.86. The van der Waals surface area contributed by atoms with Crippen LogP contribution in [0.1, 0.15) is 22.8 Å². The smallest absolute Gasteiger partial charge is 0.340 e. The summed E-state index contributed by atoms with van der Waals surface area (Å²) in [6, 6.07) is 14.4. The Morgan fingerprint density at radius 1 is 1.04 bits per heavy atom. The van der Waals surface area contributed by atoms with Crippen LogP contribution < -0.4 is 15.4 Å². The van der Waals surface area contributed by atoms with Crippen molar-refractivity contribution in [2.75, 3.05) is 25.6 Å². The summed E-state index contributed by atoms with van der Waals surface area (Å²) in [5, 5.41) is 5.80. The van der Waals surface area contributed by atoms with Crippen molar-refractivity contribution in [3.05, 3.63) is 59.7 Å². The van der Waals surface area contributed by atoms with Crippen molar-refractivity contribution in [1.82, 2.24) is 5.32 Å². The molecule has 2 aromatic rings. The molecule has 6 heteroatoms. The van der Waals surface area contributed by atoms with E-state index in [-0.39, 0.29) is 19.1 Å². The number of carbonyl (C=O) groups is 2. The van der Waals surface area contributed by atoms with Crippen molar-refractivity contribution in [2.45, 2.75) is 13.5 Å². The molecule has 2 N–H and O–H groups in total. The molecule has 0 heterocycles. The maximum absolute atomic E-state index is 12.1. The summed E-state index contributed by atoms with van der Waals surface area (Å²) < 4.78 is 10.1. The highest BCUT2D eigenvalue weighted by molar-refractivity contribution is 6.01. The minimum absolute atomic E-state index is 0.128. The van der Waals surface area contributed by atoms with Gasteiger partial charge in [0, 0.05) is 6.54 Å². The summed E-state index contributed by atoms with van der Waals surface area (Å²) in [4.78, 5) is 24.0. The third-order valence-electron chi connectivity index (χ3n) is 3.47. The van der Waals surface area contributed by atoms with Crippen molar-refractivity contribution >= 4 is 17.6 Å². The molecule has 0 radical (unpaired) electrons. The zero-order valence-electron chi connectivity index (χ0n) is 14.4. The molecule has 2 rings (SSSR count). The zero-order chi connectivity index (χ0) is 18.1. The lowest BCUT2D eigenvalue weighted by Gasteiger charge is -2.11. The Balaban J connectivity index is 1.86. The molecule has 6 nitrogen and oxygen atoms in total. The number of methoxy groups -OCH3 is 1. The summed E-state index contributed by atoms with van der Waals surface area (Å²) in [6.45, 7) is 2.70. The molecule has 0 aliphatic carbocycles. The van der Waals surface area contributed by atoms with E-state index in [1.807, 2.05) is 24.3 Å². The number of hydrogen-bond donors (Lipinski definition) is 2. The third kappa shape index (κ3) is 5.61. The Labute approximate surface area is 147 Å². The van der Waals surface area contributed by atoms with Gasteiger partial charge >= 0.3 is 5.97 Å². The maximum atomic E-state index is 12.1. The standard InChI is InChI=1S/C19H22N2O4/c1-3-25-19(23)16-6-4-5-7-17(16)21-18(22)13-20-12-14-8-10-15(24-2)11-9-14/h4-11,20H,3,12-13H2,1-2H3,(H,21,22). The van der Waals surface area contributed by atoms with Crippen LogP contribution in [0.5, 0.6) is 5.75 Å². The van der Waals surface area contributed by atoms with Crippen molar-refractivity contribution in [2.24, 2.45) is 0 Å². The molecule has 2 aromatic carbocycles. The fraction of sp³-hybridized carbons (Fsp3) is 0.263. The summed E-state index contributed by atoms with van der Waals surface area (Å²) >= 11 is 0. The SMILES string of the molecule is CCOC(=O)c1ccccc1NC(=O)CNCc1ccc(OC)cc1. The van der Waals surface area contributed by atoms with E-state index in [0.717, 1.165) is 11.3 Å². The maximum Gasteiger partial charge on any atom is 0.340 e. The number of hydrogen-bond acceptors (Lipinski definition) is 5. The van der Waals surface area contributed by atoms with E-state index in [1.54, 1.807) is 38.3 Å². The van der Waals surface area contributed by atoms with Crippen LogP contribution in [0.2, 0.25) is 0 Å². The summed E-state index contributed by atoms with van der Waals surface area (Å²) in [6.07, 6.45) is 0. The van der Waals surface area contributed by atoms with Crippen LogP contribution in [0.25, 0.3) is 0 Å². The molecule has 1 amide bonds. The van der Waals surface area contributed by atoms with Gasteiger partial charge in [-0.2, -0.15) is 0 Å². The summed E-state index contributed by atoms with van der Waals surface area (Å²) in [7, 11) is 1.62. The number of esters is 1. The molecule has 0 atom stereocenters. The van der Waals surface area contributed by atoms with Crippen LogP contribution in [-0.4, -0.2) is 32.1 Å². The van der Waals surface area contributed by atoms with Gasteiger partial charge in [0.25, 0.3) is 0 Å². The second-order valence-corrected chi connectivity index (χ2v) is 5.27. The number of para-hydroxylation sites is 1. The highest BCUT2D eigenvalue weighted by Crippen LogP contribution is 2.16. The summed E-state index contributed by atoms with van der Waals surface area (Å²) in [5.74, 6) is 0.104. The molecule has 0 saturated carbocycles. The van der Waals surface area contributed by atoms with E-state index in [9.17, 15) is 9.59 Å². The zero-order valence-corrected chi connectivity index (χ0v) is 14.4. The van der Waals surface area contributed by atoms with Gasteiger partial charge in [0.15, 0.2) is 0 Å². The first-order chi connectivity index (χ1) is 12.1. The Kier molecular flexibility index (Phi) is 6.98. The second kappa shape index (κ2) is 9.44. The highest BCUT2D eigenvalue weighted by atomic mass is 16.5. The molecule has 0 aliphatic heterocycles. The van der Waals surface area contributed by atoms with E-state index in [2.05, 4.69) is 10.6 Å². The topological polar surface area (TPSA) is 76.7 Å². The van der Waals surface area contributed by atoms with Gasteiger partial charge in [-0.1, -0.05) is 24.3 Å². The summed E-state index contributed by atoms with van der Waals surface area (Å²) in [5.41, 5.74) is 1.82. The minimum Gasteiger partial charge on any atom is -0.497 e. The van der Waals surface area contributed by atoms with Gasteiger partial charge in [0.2, 0.25) is 5.91 Å². The average molecular weight is 342 g/mol. The molecule has 0 unspecified atom stereocenters. The monoisotopic (exact) mass is 342 g/mol. The number of benzene rings is 2. The highest BCUT2D eigenvalue weighted by Gasteiger charge is 2.13. The molecule has 0 aliphatic rings. The van der Waals surface area contributed by atoms with Crippen LogP contribution in [0.4, 0.5) is 5.69 Å². The number of carbonyl (C=O) groups excluding carboxylic acids is 2. The Morgan fingerprint density at radius 2 is 1.76 bits per heavy atom. The predicted octanol–water partition coefficient (Wildman–Crippen LogP) is 2.60. The second-order valence-electron chi connectivity index (χ2n) is 5.27. The van der Waals surface area contributed by atoms with Crippen LogP contribution in [0, 0.1) is 0 Å². The minimum atomic E-state index is -0.454. The molecule has 25 heavy (non-hydrogen) atoms. The van der Waals surface area contributed by atoms with E-state index < -0.39 is 5.97 Å². The van der Waals surface area contributed by atoms with Gasteiger partial charge in [-0.05, 0) is 36.8 Å². The van der Waals surface area contributed by atoms with Gasteiger partial charge in [-0.3, -0.25) is 4.79 Å². The molecular weight excluding hydrogens is 320 g/mol. The number of nitrogens with one attached hydrogen (secondary N) is 2. The first-order valence-corrected chi connectivity index (χ1v) is 8.03. The fourth-order valence-electron chi connectivity index (χ4n) is 2.24. The molecular formula is C19H22N2O4. The Bertz CT molecular complexity index is 714. The average Bonchev–Trinajstić information content (AvgIpc) is 2.63. The first kappa shape index (κ1) is 18.5. The lowest BCUT2D eigenvalue weighted by atomic mass is 10.2. The number of rotatable bonds is 8. The molecule has 0 spiro atoms. The third-order valence-corrected chi connectivity index (χ3v) is 3.47. The van der Waals surface area contributed by atoms with Gasteiger partial charge in [0.1, 0.15) is 5.75 Å². The first-order valence-electron chi connectivity index (χ1n) is 8.03. The normalized spacial score (nSPS) is 10.2. The van der Waals surface area contributed by atoms with Crippen LogP contribution in [-0.2, 0) is 16.1 Å². The number of anilines is 1. The van der Waals surface area contributed by atoms with E-state index >= 15 is 0 Å². The molecule has 0 saturated heterocycles. The number of amides is 1. The van der Waals surface area contributed by atoms with E-state index in [1.165, 1.54) is 0 Å². The van der Waals surface area contributed by atoms with Gasteiger partial charge in [-0.15, -0.1) is 0 Å². The van der Waals surface area contributed by atoms with E-state index in [4.69, 9.17) is 9.47 Å². The lowest BCUT2D eigenvalue weighted by molar-refractivity contribution is -0.115. The lowest BCUT2D eigenvalue weighted by Crippen LogP contribution is -2.28. The fourth-order valence-corrected chi connectivity index (χ4v) is 2.24.